The molecular formula is C15H10ClNO3. The maximum Gasteiger partial charge on any atom is 0.337 e. The van der Waals surface area contributed by atoms with Crippen molar-refractivity contribution in [2.75, 3.05) is 0 Å². The van der Waals surface area contributed by atoms with Gasteiger partial charge in [-0.05, 0) is 29.8 Å². The molecule has 0 atom stereocenters. The zero-order valence-corrected chi connectivity index (χ0v) is 11.0. The van der Waals surface area contributed by atoms with Crippen molar-refractivity contribution in [1.82, 2.24) is 4.98 Å². The minimum atomic E-state index is -0.991. The number of phenolic OH excluding ortho intramolecular Hbond substituents is 1. The van der Waals surface area contributed by atoms with Gasteiger partial charge in [0, 0.05) is 22.7 Å². The number of aromatic carboxylic acids is 1. The molecule has 0 bridgehead atoms. The Morgan fingerprint density at radius 1 is 1.15 bits per heavy atom. The van der Waals surface area contributed by atoms with Crippen LogP contribution in [0.15, 0.2) is 42.6 Å². The maximum atomic E-state index is 11.2. The Morgan fingerprint density at radius 3 is 2.50 bits per heavy atom. The van der Waals surface area contributed by atoms with E-state index in [2.05, 4.69) is 4.98 Å². The molecule has 0 amide bonds. The third-order valence-electron chi connectivity index (χ3n) is 3.18. The van der Waals surface area contributed by atoms with E-state index >= 15 is 0 Å². The van der Waals surface area contributed by atoms with E-state index in [0.717, 1.165) is 11.1 Å². The van der Waals surface area contributed by atoms with Gasteiger partial charge in [0.25, 0.3) is 0 Å². The van der Waals surface area contributed by atoms with E-state index in [1.54, 1.807) is 36.4 Å². The van der Waals surface area contributed by atoms with Gasteiger partial charge in [-0.25, -0.2) is 4.79 Å². The third kappa shape index (κ3) is 2.00. The number of aromatic nitrogens is 1. The van der Waals surface area contributed by atoms with E-state index in [9.17, 15) is 9.90 Å². The number of aromatic hydroxyl groups is 1. The summed E-state index contributed by atoms with van der Waals surface area (Å²) in [6.07, 6.45) is 1.45. The number of hydrogen-bond acceptors (Lipinski definition) is 2. The first kappa shape index (κ1) is 12.6. The quantitative estimate of drug-likeness (QED) is 0.669. The highest BCUT2D eigenvalue weighted by Crippen LogP contribution is 2.33. The van der Waals surface area contributed by atoms with Crippen molar-refractivity contribution in [3.63, 3.8) is 0 Å². The van der Waals surface area contributed by atoms with Crippen LogP contribution in [0.1, 0.15) is 10.4 Å². The molecule has 3 rings (SSSR count). The Bertz CT molecular complexity index is 806. The minimum absolute atomic E-state index is 0.166. The molecule has 0 aliphatic heterocycles. The highest BCUT2D eigenvalue weighted by Gasteiger charge is 2.14. The minimum Gasteiger partial charge on any atom is -0.508 e. The number of phenols is 1. The standard InChI is InChI=1S/C15H10ClNO3/c16-13-6-14-11(12(7-17-14)15(19)20)5-10(13)8-1-3-9(18)4-2-8/h1-7,17-18H,(H,19,20). The lowest BCUT2D eigenvalue weighted by atomic mass is 10.0. The van der Waals surface area contributed by atoms with Crippen LogP contribution in [0.2, 0.25) is 5.02 Å². The van der Waals surface area contributed by atoms with Crippen LogP contribution in [-0.4, -0.2) is 21.2 Å². The van der Waals surface area contributed by atoms with Crippen molar-refractivity contribution < 1.29 is 15.0 Å². The van der Waals surface area contributed by atoms with Gasteiger partial charge in [-0.3, -0.25) is 0 Å². The lowest BCUT2D eigenvalue weighted by molar-refractivity contribution is 0.0699. The van der Waals surface area contributed by atoms with Crippen molar-refractivity contribution in [3.05, 3.63) is 53.2 Å². The van der Waals surface area contributed by atoms with E-state index < -0.39 is 5.97 Å². The third-order valence-corrected chi connectivity index (χ3v) is 3.49. The average Bonchev–Trinajstić information content (AvgIpc) is 2.81. The largest absolute Gasteiger partial charge is 0.508 e. The molecule has 4 nitrogen and oxygen atoms in total. The van der Waals surface area contributed by atoms with Crippen molar-refractivity contribution in [2.24, 2.45) is 0 Å². The maximum absolute atomic E-state index is 11.2. The number of fused-ring (bicyclic) bond motifs is 1. The van der Waals surface area contributed by atoms with Crippen LogP contribution in [0.5, 0.6) is 5.75 Å². The predicted octanol–water partition coefficient (Wildman–Crippen LogP) is 3.89. The Hall–Kier alpha value is -2.46. The van der Waals surface area contributed by atoms with Crippen LogP contribution in [0.3, 0.4) is 0 Å². The Kier molecular flexibility index (Phi) is 2.88. The Labute approximate surface area is 119 Å². The number of carboxylic acid groups (broad SMARTS) is 1. The van der Waals surface area contributed by atoms with Gasteiger partial charge in [-0.15, -0.1) is 0 Å². The number of rotatable bonds is 2. The molecule has 0 saturated heterocycles. The van der Waals surface area contributed by atoms with Crippen LogP contribution < -0.4 is 0 Å². The van der Waals surface area contributed by atoms with Crippen molar-refractivity contribution in [1.29, 1.82) is 0 Å². The first-order valence-corrected chi connectivity index (χ1v) is 6.27. The predicted molar refractivity (Wildman–Crippen MR) is 77.4 cm³/mol. The molecule has 0 aliphatic carbocycles. The average molecular weight is 288 g/mol. The van der Waals surface area contributed by atoms with Crippen molar-refractivity contribution >= 4 is 28.5 Å². The van der Waals surface area contributed by atoms with Gasteiger partial charge < -0.3 is 15.2 Å². The first-order chi connectivity index (χ1) is 9.56. The van der Waals surface area contributed by atoms with Crippen molar-refractivity contribution in [2.45, 2.75) is 0 Å². The second kappa shape index (κ2) is 4.58. The fourth-order valence-electron chi connectivity index (χ4n) is 2.18. The summed E-state index contributed by atoms with van der Waals surface area (Å²) in [5, 5.41) is 19.6. The number of nitrogens with one attached hydrogen (secondary N) is 1. The highest BCUT2D eigenvalue weighted by atomic mass is 35.5. The normalized spacial score (nSPS) is 10.8. The fourth-order valence-corrected chi connectivity index (χ4v) is 2.46. The molecule has 0 radical (unpaired) electrons. The van der Waals surface area contributed by atoms with Gasteiger partial charge in [0.05, 0.1) is 10.6 Å². The number of benzene rings is 2. The number of H-pyrrole nitrogens is 1. The van der Waals surface area contributed by atoms with Gasteiger partial charge in [0.2, 0.25) is 0 Å². The summed E-state index contributed by atoms with van der Waals surface area (Å²) in [4.78, 5) is 14.1. The highest BCUT2D eigenvalue weighted by molar-refractivity contribution is 6.34. The van der Waals surface area contributed by atoms with Gasteiger partial charge in [-0.2, -0.15) is 0 Å². The SMILES string of the molecule is O=C(O)c1c[nH]c2cc(Cl)c(-c3ccc(O)cc3)cc12. The zero-order chi connectivity index (χ0) is 14.3. The zero-order valence-electron chi connectivity index (χ0n) is 10.2. The van der Waals surface area contributed by atoms with Crippen LogP contribution in [-0.2, 0) is 0 Å². The molecular weight excluding hydrogens is 278 g/mol. The fraction of sp³-hybridized carbons (Fsp3) is 0. The van der Waals surface area contributed by atoms with E-state index in [1.165, 1.54) is 6.20 Å². The summed E-state index contributed by atoms with van der Waals surface area (Å²) < 4.78 is 0. The van der Waals surface area contributed by atoms with Gasteiger partial charge in [0.15, 0.2) is 0 Å². The lowest BCUT2D eigenvalue weighted by Crippen LogP contribution is -1.93. The molecule has 0 unspecified atom stereocenters. The molecule has 100 valence electrons. The Balaban J connectivity index is 2.24. The van der Waals surface area contributed by atoms with Crippen LogP contribution in [0, 0.1) is 0 Å². The summed E-state index contributed by atoms with van der Waals surface area (Å²) in [5.74, 6) is -0.825. The molecule has 3 N–H and O–H groups in total. The smallest absolute Gasteiger partial charge is 0.337 e. The second-order valence-electron chi connectivity index (χ2n) is 4.43. The number of hydrogen-bond donors (Lipinski definition) is 3. The lowest BCUT2D eigenvalue weighted by Gasteiger charge is -2.06. The number of carboxylic acids is 1. The van der Waals surface area contributed by atoms with Gasteiger partial charge in [0.1, 0.15) is 5.75 Å². The van der Waals surface area contributed by atoms with Crippen molar-refractivity contribution in [3.8, 4) is 16.9 Å². The topological polar surface area (TPSA) is 73.3 Å². The molecule has 0 saturated carbocycles. The monoisotopic (exact) mass is 287 g/mol. The molecule has 2 aromatic carbocycles. The molecule has 0 spiro atoms. The second-order valence-corrected chi connectivity index (χ2v) is 4.84. The van der Waals surface area contributed by atoms with Gasteiger partial charge >= 0.3 is 5.97 Å². The summed E-state index contributed by atoms with van der Waals surface area (Å²) in [6.45, 7) is 0. The summed E-state index contributed by atoms with van der Waals surface area (Å²) in [7, 11) is 0. The van der Waals surface area contributed by atoms with E-state index in [4.69, 9.17) is 16.7 Å². The molecule has 5 heteroatoms. The van der Waals surface area contributed by atoms with E-state index in [-0.39, 0.29) is 11.3 Å². The van der Waals surface area contributed by atoms with Crippen LogP contribution in [0.4, 0.5) is 0 Å². The van der Waals surface area contributed by atoms with Crippen LogP contribution in [0.25, 0.3) is 22.0 Å². The Morgan fingerprint density at radius 2 is 1.85 bits per heavy atom. The van der Waals surface area contributed by atoms with E-state index in [0.29, 0.717) is 15.9 Å². The summed E-state index contributed by atoms with van der Waals surface area (Å²) >= 11 is 6.24. The van der Waals surface area contributed by atoms with Crippen LogP contribution >= 0.6 is 11.6 Å². The molecule has 0 fully saturated rings. The number of halogens is 1. The molecule has 20 heavy (non-hydrogen) atoms. The molecule has 1 aromatic heterocycles. The summed E-state index contributed by atoms with van der Waals surface area (Å²) in [5.41, 5.74) is 2.42. The number of aromatic amines is 1. The first-order valence-electron chi connectivity index (χ1n) is 5.89. The molecule has 3 aromatic rings. The molecule has 0 aliphatic rings. The number of carbonyl (C=O) groups is 1. The van der Waals surface area contributed by atoms with Gasteiger partial charge in [-0.1, -0.05) is 23.7 Å². The molecule has 1 heterocycles. The summed E-state index contributed by atoms with van der Waals surface area (Å²) in [6, 6.07) is 10.0. The van der Waals surface area contributed by atoms with E-state index in [1.807, 2.05) is 0 Å².